The zero-order chi connectivity index (χ0) is 23.4. The summed E-state index contributed by atoms with van der Waals surface area (Å²) in [6.07, 6.45) is 0. The molecule has 2 N–H and O–H groups in total. The number of nitrogens with zero attached hydrogens (tertiary/aromatic N) is 3. The van der Waals surface area contributed by atoms with E-state index >= 15 is 0 Å². The van der Waals surface area contributed by atoms with E-state index < -0.39 is 0 Å². The van der Waals surface area contributed by atoms with Crippen LogP contribution in [0.25, 0.3) is 16.7 Å². The number of thiocarbonyl (C=S) groups is 1. The minimum absolute atomic E-state index is 0.150. The fourth-order valence-electron chi connectivity index (χ4n) is 3.14. The number of anilines is 1. The first-order valence-electron chi connectivity index (χ1n) is 9.86. The Hall–Kier alpha value is -4.18. The molecule has 1 amide bonds. The molecule has 0 aliphatic carbocycles. The molecule has 168 valence electrons. The van der Waals surface area contributed by atoms with Crippen molar-refractivity contribution >= 4 is 40.0 Å². The van der Waals surface area contributed by atoms with Crippen LogP contribution >= 0.6 is 12.2 Å². The van der Waals surface area contributed by atoms with Gasteiger partial charge in [-0.3, -0.25) is 10.1 Å². The quantitative estimate of drug-likeness (QED) is 0.419. The van der Waals surface area contributed by atoms with Crippen LogP contribution in [-0.2, 0) is 0 Å². The third-order valence-corrected chi connectivity index (χ3v) is 5.02. The van der Waals surface area contributed by atoms with Gasteiger partial charge in [0.2, 0.25) is 0 Å². The molecule has 4 aromatic rings. The molecule has 0 spiro atoms. The Labute approximate surface area is 195 Å². The summed E-state index contributed by atoms with van der Waals surface area (Å²) < 4.78 is 15.6. The first-order valence-corrected chi connectivity index (χ1v) is 10.3. The first kappa shape index (κ1) is 22.0. The summed E-state index contributed by atoms with van der Waals surface area (Å²) in [5, 5.41) is 14.8. The topological polar surface area (TPSA) is 99.5 Å². The molecule has 0 saturated heterocycles. The van der Waals surface area contributed by atoms with E-state index in [0.29, 0.717) is 28.3 Å². The average Bonchev–Trinajstić information content (AvgIpc) is 3.27. The summed E-state index contributed by atoms with van der Waals surface area (Å²) in [6.45, 7) is 0. The van der Waals surface area contributed by atoms with E-state index in [1.807, 2.05) is 36.4 Å². The van der Waals surface area contributed by atoms with E-state index in [1.165, 1.54) is 14.2 Å². The van der Waals surface area contributed by atoms with Crippen molar-refractivity contribution in [2.75, 3.05) is 26.6 Å². The predicted molar refractivity (Wildman–Crippen MR) is 129 cm³/mol. The maximum Gasteiger partial charge on any atom is 0.257 e. The summed E-state index contributed by atoms with van der Waals surface area (Å²) in [5.41, 5.74) is 3.25. The molecule has 0 aliphatic rings. The van der Waals surface area contributed by atoms with Crippen molar-refractivity contribution in [3.8, 4) is 22.9 Å². The Morgan fingerprint density at radius 1 is 0.848 bits per heavy atom. The van der Waals surface area contributed by atoms with Crippen molar-refractivity contribution in [3.05, 3.63) is 66.2 Å². The van der Waals surface area contributed by atoms with Crippen molar-refractivity contribution in [1.82, 2.24) is 20.3 Å². The fourth-order valence-corrected chi connectivity index (χ4v) is 3.35. The van der Waals surface area contributed by atoms with E-state index in [0.717, 1.165) is 17.0 Å². The lowest BCUT2D eigenvalue weighted by Crippen LogP contribution is -2.34. The summed E-state index contributed by atoms with van der Waals surface area (Å²) >= 11 is 5.30. The minimum Gasteiger partial charge on any atom is -0.497 e. The Balaban J connectivity index is 1.45. The van der Waals surface area contributed by atoms with Gasteiger partial charge in [-0.05, 0) is 72.9 Å². The first-order chi connectivity index (χ1) is 16.0. The Kier molecular flexibility index (Phi) is 6.36. The van der Waals surface area contributed by atoms with Gasteiger partial charge in [0.15, 0.2) is 16.6 Å². The molecule has 0 bridgehead atoms. The number of carbonyl (C=O) groups is 1. The second-order valence-corrected chi connectivity index (χ2v) is 7.28. The summed E-state index contributed by atoms with van der Waals surface area (Å²) in [4.78, 5) is 14.1. The number of carbonyl (C=O) groups excluding carboxylic acids is 1. The zero-order valence-electron chi connectivity index (χ0n) is 18.2. The highest BCUT2D eigenvalue weighted by atomic mass is 32.1. The highest BCUT2D eigenvalue weighted by Gasteiger charge is 2.13. The maximum absolute atomic E-state index is 12.6. The zero-order valence-corrected chi connectivity index (χ0v) is 19.0. The molecule has 1 heterocycles. The number of nitrogens with one attached hydrogen (secondary N) is 2. The predicted octanol–water partition coefficient (Wildman–Crippen LogP) is 3.57. The Bertz CT molecular complexity index is 1320. The molecule has 0 fully saturated rings. The highest BCUT2D eigenvalue weighted by molar-refractivity contribution is 7.80. The Morgan fingerprint density at radius 3 is 2.27 bits per heavy atom. The molecule has 1 aromatic heterocycles. The number of hydrogen-bond donors (Lipinski definition) is 2. The monoisotopic (exact) mass is 463 g/mol. The lowest BCUT2D eigenvalue weighted by Gasteiger charge is -2.11. The van der Waals surface area contributed by atoms with Gasteiger partial charge in [-0.1, -0.05) is 0 Å². The number of ether oxygens (including phenoxy) is 3. The standard InChI is InChI=1S/C23H21N5O4S/c1-30-17-8-6-16(7-9-17)28-26-18-10-5-15(13-19(18)27-28)24-23(33)25-22(29)14-4-11-20(31-2)21(12-14)32-3/h4-13H,1-3H3,(H2,24,25,29,33). The summed E-state index contributed by atoms with van der Waals surface area (Å²) in [5.74, 6) is 1.37. The molecule has 3 aromatic carbocycles. The van der Waals surface area contributed by atoms with E-state index in [2.05, 4.69) is 20.8 Å². The van der Waals surface area contributed by atoms with Gasteiger partial charge in [-0.2, -0.15) is 4.80 Å². The molecule has 0 atom stereocenters. The third-order valence-electron chi connectivity index (χ3n) is 4.81. The molecule has 9 nitrogen and oxygen atoms in total. The van der Waals surface area contributed by atoms with Gasteiger partial charge < -0.3 is 19.5 Å². The van der Waals surface area contributed by atoms with Gasteiger partial charge in [0.05, 0.1) is 27.0 Å². The number of amides is 1. The van der Waals surface area contributed by atoms with Crippen molar-refractivity contribution < 1.29 is 19.0 Å². The average molecular weight is 464 g/mol. The van der Waals surface area contributed by atoms with E-state index in [-0.39, 0.29) is 11.0 Å². The molecule has 33 heavy (non-hydrogen) atoms. The molecule has 0 aliphatic heterocycles. The van der Waals surface area contributed by atoms with Gasteiger partial charge in [-0.25, -0.2) is 0 Å². The van der Waals surface area contributed by atoms with Crippen LogP contribution in [0.1, 0.15) is 10.4 Å². The highest BCUT2D eigenvalue weighted by Crippen LogP contribution is 2.27. The number of benzene rings is 3. The lowest BCUT2D eigenvalue weighted by atomic mass is 10.2. The largest absolute Gasteiger partial charge is 0.497 e. The van der Waals surface area contributed by atoms with Crippen LogP contribution in [0.2, 0.25) is 0 Å². The number of fused-ring (bicyclic) bond motifs is 1. The SMILES string of the molecule is COc1ccc(-n2nc3ccc(NC(=S)NC(=O)c4ccc(OC)c(OC)c4)cc3n2)cc1. The van der Waals surface area contributed by atoms with Crippen LogP contribution in [-0.4, -0.2) is 47.3 Å². The number of hydrogen-bond acceptors (Lipinski definition) is 7. The second kappa shape index (κ2) is 9.53. The summed E-state index contributed by atoms with van der Waals surface area (Å²) in [7, 11) is 4.65. The molecule has 10 heteroatoms. The summed E-state index contributed by atoms with van der Waals surface area (Å²) in [6, 6.07) is 17.7. The van der Waals surface area contributed by atoms with Crippen LogP contribution in [0.4, 0.5) is 5.69 Å². The molecule has 0 unspecified atom stereocenters. The van der Waals surface area contributed by atoms with Crippen LogP contribution in [0, 0.1) is 0 Å². The van der Waals surface area contributed by atoms with E-state index in [4.69, 9.17) is 26.4 Å². The van der Waals surface area contributed by atoms with Crippen molar-refractivity contribution in [2.24, 2.45) is 0 Å². The third kappa shape index (κ3) is 4.85. The van der Waals surface area contributed by atoms with Gasteiger partial charge >= 0.3 is 0 Å². The van der Waals surface area contributed by atoms with Gasteiger partial charge in [0.1, 0.15) is 16.8 Å². The van der Waals surface area contributed by atoms with Crippen LogP contribution in [0.5, 0.6) is 17.2 Å². The minimum atomic E-state index is -0.375. The van der Waals surface area contributed by atoms with Gasteiger partial charge in [0.25, 0.3) is 5.91 Å². The molecule has 0 saturated carbocycles. The van der Waals surface area contributed by atoms with Crippen LogP contribution < -0.4 is 24.8 Å². The van der Waals surface area contributed by atoms with E-state index in [1.54, 1.807) is 36.2 Å². The van der Waals surface area contributed by atoms with Gasteiger partial charge in [0, 0.05) is 11.3 Å². The Morgan fingerprint density at radius 2 is 1.58 bits per heavy atom. The molecular weight excluding hydrogens is 442 g/mol. The smallest absolute Gasteiger partial charge is 0.257 e. The lowest BCUT2D eigenvalue weighted by molar-refractivity contribution is 0.0977. The molecule has 0 radical (unpaired) electrons. The number of aromatic nitrogens is 3. The van der Waals surface area contributed by atoms with Gasteiger partial charge in [-0.15, -0.1) is 10.2 Å². The maximum atomic E-state index is 12.6. The van der Waals surface area contributed by atoms with Crippen molar-refractivity contribution in [3.63, 3.8) is 0 Å². The van der Waals surface area contributed by atoms with Crippen LogP contribution in [0.3, 0.4) is 0 Å². The second-order valence-electron chi connectivity index (χ2n) is 6.87. The molecule has 4 rings (SSSR count). The fraction of sp³-hybridized carbons (Fsp3) is 0.130. The molecular formula is C23H21N5O4S. The van der Waals surface area contributed by atoms with Crippen molar-refractivity contribution in [2.45, 2.75) is 0 Å². The van der Waals surface area contributed by atoms with Crippen LogP contribution in [0.15, 0.2) is 60.7 Å². The number of rotatable bonds is 6. The number of methoxy groups -OCH3 is 3. The van der Waals surface area contributed by atoms with E-state index in [9.17, 15) is 4.79 Å². The normalized spacial score (nSPS) is 10.5. The van der Waals surface area contributed by atoms with Crippen molar-refractivity contribution in [1.29, 1.82) is 0 Å².